The van der Waals surface area contributed by atoms with Gasteiger partial charge in [-0.25, -0.2) is 4.79 Å². The number of aliphatic carboxylic acids is 1. The first kappa shape index (κ1) is 35.5. The Morgan fingerprint density at radius 2 is 1.12 bits per heavy atom. The smallest absolute Gasteiger partial charge is 0.381 e. The lowest BCUT2D eigenvalue weighted by molar-refractivity contribution is -0.131. The molecule has 1 N–H and O–H groups in total. The van der Waals surface area contributed by atoms with Crippen molar-refractivity contribution in [3.63, 3.8) is 0 Å². The molecule has 50 heavy (non-hydrogen) atoms. The van der Waals surface area contributed by atoms with Crippen molar-refractivity contribution in [2.24, 2.45) is 23.7 Å². The quantitative estimate of drug-likeness (QED) is 0.347. The second-order valence-electron chi connectivity index (χ2n) is 13.1. The Bertz CT molecular complexity index is 1820. The number of rotatable bonds is 4. The summed E-state index contributed by atoms with van der Waals surface area (Å²) in [5.74, 6) is 7.60. The molecule has 2 saturated carbocycles. The van der Waals surface area contributed by atoms with E-state index in [1.54, 1.807) is 33.3 Å². The zero-order chi connectivity index (χ0) is 35.9. The average molecular weight is 746 g/mol. The maximum Gasteiger partial charge on any atom is 0.381 e. The van der Waals surface area contributed by atoms with Gasteiger partial charge in [0, 0.05) is 27.1 Å². The van der Waals surface area contributed by atoms with Crippen LogP contribution < -0.4 is 9.47 Å². The van der Waals surface area contributed by atoms with Crippen LogP contribution in [0.5, 0.6) is 11.5 Å². The van der Waals surface area contributed by atoms with E-state index in [4.69, 9.17) is 24.1 Å². The number of carboxylic acids is 1. The Balaban J connectivity index is 0.000000150. The molecule has 2 aromatic carbocycles. The number of halogens is 1. The Kier molecular flexibility index (Phi) is 10.3. The third kappa shape index (κ3) is 6.17. The molecule has 2 aromatic rings. The number of hydrogen-bond acceptors (Lipinski definition) is 9. The van der Waals surface area contributed by atoms with Crippen molar-refractivity contribution >= 4 is 45.0 Å². The molecule has 4 bridgehead atoms. The number of carbonyl (C=O) groups excluding carboxylic acids is 4. The van der Waals surface area contributed by atoms with E-state index in [0.29, 0.717) is 22.6 Å². The average Bonchev–Trinajstić information content (AvgIpc) is 3.95. The molecule has 0 spiro atoms. The Hall–Kier alpha value is -4.29. The van der Waals surface area contributed by atoms with Gasteiger partial charge in [-0.1, -0.05) is 39.9 Å². The van der Waals surface area contributed by atoms with Crippen molar-refractivity contribution in [1.82, 2.24) is 0 Å². The Morgan fingerprint density at radius 1 is 0.700 bits per heavy atom. The van der Waals surface area contributed by atoms with E-state index >= 15 is 0 Å². The van der Waals surface area contributed by atoms with E-state index in [0.717, 1.165) is 35.7 Å². The molecule has 2 unspecified atom stereocenters. The van der Waals surface area contributed by atoms with Gasteiger partial charge >= 0.3 is 5.97 Å². The number of carbonyl (C=O) groups is 5. The predicted octanol–water partition coefficient (Wildman–Crippen LogP) is 4.68. The van der Waals surface area contributed by atoms with Crippen LogP contribution in [0.15, 0.2) is 40.9 Å². The largest absolute Gasteiger partial charge is 0.496 e. The van der Waals surface area contributed by atoms with Crippen LogP contribution in [-0.4, -0.2) is 72.8 Å². The van der Waals surface area contributed by atoms with Gasteiger partial charge in [0.2, 0.25) is 0 Å². The third-order valence-corrected chi connectivity index (χ3v) is 11.0. The van der Waals surface area contributed by atoms with E-state index < -0.39 is 17.8 Å². The summed E-state index contributed by atoms with van der Waals surface area (Å²) in [5, 5.41) is 7.74. The fourth-order valence-corrected chi connectivity index (χ4v) is 9.01. The molecule has 0 aromatic heterocycles. The van der Waals surface area contributed by atoms with Crippen LogP contribution >= 0.6 is 15.9 Å². The molecule has 2 aliphatic carbocycles. The molecule has 0 radical (unpaired) electrons. The summed E-state index contributed by atoms with van der Waals surface area (Å²) in [5.41, 5.74) is 2.16. The minimum absolute atomic E-state index is 0.000161. The fourth-order valence-electron chi connectivity index (χ4n) is 8.67. The van der Waals surface area contributed by atoms with Crippen molar-refractivity contribution in [3.05, 3.63) is 57.6 Å². The van der Waals surface area contributed by atoms with Crippen LogP contribution in [0.25, 0.3) is 0 Å². The lowest BCUT2D eigenvalue weighted by Gasteiger charge is -2.16. The SMILES string of the molecule is CC#CC(=O)O.CC#Cc1ccc(C2C(=O)[C@@H]3[C@H](C2=O)[C@H]2CC[C@@H]3O2)c(OC)c1.COc1cc(Br)ccc1C1C(=O)[C@@H]2[C@H](C1=O)[C@H]1CC[C@@H]2O1. The number of ether oxygens (including phenoxy) is 4. The monoisotopic (exact) mass is 744 g/mol. The van der Waals surface area contributed by atoms with Crippen LogP contribution in [0.1, 0.15) is 68.1 Å². The molecule has 0 amide bonds. The number of Topliss-reactive ketones (excluding diaryl/α,β-unsaturated/α-hetero) is 4. The summed E-state index contributed by atoms with van der Waals surface area (Å²) >= 11 is 3.38. The van der Waals surface area contributed by atoms with Crippen molar-refractivity contribution in [3.8, 4) is 35.2 Å². The molecule has 10 atom stereocenters. The van der Waals surface area contributed by atoms with Gasteiger partial charge in [0.25, 0.3) is 0 Å². The molecule has 4 heterocycles. The summed E-state index contributed by atoms with van der Waals surface area (Å²) in [6.07, 6.45) is 3.33. The molecule has 6 fully saturated rings. The van der Waals surface area contributed by atoms with Gasteiger partial charge < -0.3 is 24.1 Å². The molecule has 8 rings (SSSR count). The lowest BCUT2D eigenvalue weighted by atomic mass is 9.81. The van der Waals surface area contributed by atoms with E-state index in [1.165, 1.54) is 6.92 Å². The number of ketones is 4. The first-order chi connectivity index (χ1) is 24.0. The maximum absolute atomic E-state index is 12.9. The van der Waals surface area contributed by atoms with Crippen LogP contribution in [-0.2, 0) is 33.4 Å². The maximum atomic E-state index is 12.9. The topological polar surface area (TPSA) is 142 Å². The van der Waals surface area contributed by atoms with Crippen LogP contribution in [0.4, 0.5) is 0 Å². The van der Waals surface area contributed by atoms with E-state index in [1.807, 2.05) is 30.2 Å². The highest BCUT2D eigenvalue weighted by Crippen LogP contribution is 2.54. The minimum Gasteiger partial charge on any atom is -0.496 e. The number of fused-ring (bicyclic) bond motifs is 10. The van der Waals surface area contributed by atoms with Gasteiger partial charge in [-0.05, 0) is 63.8 Å². The molecule has 4 saturated heterocycles. The standard InChI is InChI=1S/C19H18O4.C16H15BrO4.C4H4O2/c1-3-4-10-5-6-11(14(9-10)22-2)15-18(20)16-12-7-8-13(23-12)17(16)19(15)21;1-20-11-6-7(17)2-3-8(11)12-15(18)13-9-4-5-10(21-9)14(13)16(12)19;1-2-3-4(5)6/h5-6,9,12-13,15-17H,7-8H2,1-2H3;2-3,6,9-10,12-14H,4-5H2,1H3;1H3,(H,5,6)/t12-,13+,15?,16-,17+;9-,10+,12?,13-,14+;. The van der Waals surface area contributed by atoms with Gasteiger partial charge in [-0.15, -0.1) is 5.92 Å². The second-order valence-corrected chi connectivity index (χ2v) is 14.0. The fraction of sp³-hybridized carbons (Fsp3) is 0.462. The van der Waals surface area contributed by atoms with Gasteiger partial charge in [0.05, 0.1) is 62.3 Å². The van der Waals surface area contributed by atoms with Gasteiger partial charge in [0.15, 0.2) is 23.1 Å². The first-order valence-electron chi connectivity index (χ1n) is 16.6. The van der Waals surface area contributed by atoms with Gasteiger partial charge in [0.1, 0.15) is 23.3 Å². The van der Waals surface area contributed by atoms with E-state index in [9.17, 15) is 24.0 Å². The predicted molar refractivity (Wildman–Crippen MR) is 183 cm³/mol. The first-order valence-corrected chi connectivity index (χ1v) is 17.4. The molecule has 4 aliphatic heterocycles. The number of carboxylic acid groups (broad SMARTS) is 1. The normalized spacial score (nSPS) is 32.0. The van der Waals surface area contributed by atoms with Crippen molar-refractivity contribution in [2.45, 2.75) is 75.8 Å². The molecule has 10 nitrogen and oxygen atoms in total. The third-order valence-electron chi connectivity index (χ3n) is 10.6. The molecule has 11 heteroatoms. The summed E-state index contributed by atoms with van der Waals surface area (Å²) in [4.78, 5) is 60.7. The van der Waals surface area contributed by atoms with Crippen molar-refractivity contribution < 1.29 is 48.0 Å². The van der Waals surface area contributed by atoms with E-state index in [2.05, 4.69) is 33.7 Å². The Morgan fingerprint density at radius 3 is 1.48 bits per heavy atom. The van der Waals surface area contributed by atoms with Crippen molar-refractivity contribution in [2.75, 3.05) is 14.2 Å². The lowest BCUT2D eigenvalue weighted by Crippen LogP contribution is -2.29. The summed E-state index contributed by atoms with van der Waals surface area (Å²) < 4.78 is 23.2. The number of hydrogen-bond donors (Lipinski definition) is 1. The highest BCUT2D eigenvalue weighted by molar-refractivity contribution is 9.10. The second kappa shape index (κ2) is 14.5. The minimum atomic E-state index is -1.07. The molecular formula is C39H37BrO10. The summed E-state index contributed by atoms with van der Waals surface area (Å²) in [6.45, 7) is 3.25. The van der Waals surface area contributed by atoms with Crippen LogP contribution in [0.2, 0.25) is 0 Å². The highest BCUT2D eigenvalue weighted by atomic mass is 79.9. The van der Waals surface area contributed by atoms with Gasteiger partial charge in [-0.2, -0.15) is 0 Å². The van der Waals surface area contributed by atoms with Crippen LogP contribution in [0, 0.1) is 47.4 Å². The Labute approximate surface area is 298 Å². The van der Waals surface area contributed by atoms with E-state index in [-0.39, 0.29) is 71.2 Å². The molecule has 6 aliphatic rings. The van der Waals surface area contributed by atoms with Crippen LogP contribution in [0.3, 0.4) is 0 Å². The summed E-state index contributed by atoms with van der Waals surface area (Å²) in [6, 6.07) is 10.9. The van der Waals surface area contributed by atoms with Crippen molar-refractivity contribution in [1.29, 1.82) is 0 Å². The highest BCUT2D eigenvalue weighted by Gasteiger charge is 2.64. The number of benzene rings is 2. The summed E-state index contributed by atoms with van der Waals surface area (Å²) in [7, 11) is 3.11. The molecule has 260 valence electrons. The number of methoxy groups -OCH3 is 2. The zero-order valence-electron chi connectivity index (χ0n) is 28.1. The molecular weight excluding hydrogens is 708 g/mol. The van der Waals surface area contributed by atoms with Gasteiger partial charge in [-0.3, -0.25) is 19.2 Å². The zero-order valence-corrected chi connectivity index (χ0v) is 29.7.